The smallest absolute Gasteiger partial charge is 0.307 e. The van der Waals surface area contributed by atoms with Crippen LogP contribution in [0.1, 0.15) is 25.8 Å². The lowest BCUT2D eigenvalue weighted by molar-refractivity contribution is -0.146. The number of benzene rings is 1. The lowest BCUT2D eigenvalue weighted by Crippen LogP contribution is -2.34. The summed E-state index contributed by atoms with van der Waals surface area (Å²) in [6.07, 6.45) is -0.00606. The van der Waals surface area contributed by atoms with Crippen molar-refractivity contribution >= 4 is 23.3 Å². The second kappa shape index (κ2) is 4.33. The molecule has 1 heterocycles. The fraction of sp³-hybridized carbons (Fsp3) is 0.385. The zero-order chi connectivity index (χ0) is 13.3. The highest BCUT2D eigenvalue weighted by molar-refractivity contribution is 6.09. The third-order valence-corrected chi connectivity index (χ3v) is 3.20. The number of ether oxygens (including phenoxy) is 1. The van der Waals surface area contributed by atoms with Crippen LogP contribution in [0.3, 0.4) is 0 Å². The molecule has 5 nitrogen and oxygen atoms in total. The predicted molar refractivity (Wildman–Crippen MR) is 68.1 cm³/mol. The third kappa shape index (κ3) is 1.81. The first-order valence-corrected chi connectivity index (χ1v) is 5.85. The fourth-order valence-electron chi connectivity index (χ4n) is 2.33. The second-order valence-electron chi connectivity index (χ2n) is 4.54. The van der Waals surface area contributed by atoms with Gasteiger partial charge in [-0.2, -0.15) is 0 Å². The maximum Gasteiger partial charge on any atom is 0.307 e. The molecule has 0 radical (unpaired) electrons. The topological polar surface area (TPSA) is 81.4 Å². The minimum atomic E-state index is -0.951. The molecule has 0 aliphatic carbocycles. The number of anilines is 2. The van der Waals surface area contributed by atoms with Gasteiger partial charge >= 0.3 is 5.97 Å². The van der Waals surface area contributed by atoms with E-state index in [9.17, 15) is 9.59 Å². The maximum atomic E-state index is 12.1. The van der Waals surface area contributed by atoms with Gasteiger partial charge in [-0.15, -0.1) is 0 Å². The fourth-order valence-corrected chi connectivity index (χ4v) is 2.33. The van der Waals surface area contributed by atoms with Gasteiger partial charge in [0.15, 0.2) is 0 Å². The lowest BCUT2D eigenvalue weighted by Gasteiger charge is -2.22. The molecule has 1 aliphatic heterocycles. The predicted octanol–water partition coefficient (Wildman–Crippen LogP) is 1.43. The molecule has 0 saturated carbocycles. The molecule has 18 heavy (non-hydrogen) atoms. The van der Waals surface area contributed by atoms with E-state index in [0.717, 1.165) is 0 Å². The molecule has 1 aromatic carbocycles. The van der Waals surface area contributed by atoms with Gasteiger partial charge in [-0.3, -0.25) is 9.59 Å². The summed E-state index contributed by atoms with van der Waals surface area (Å²) in [6.45, 7) is 3.74. The van der Waals surface area contributed by atoms with E-state index in [2.05, 4.69) is 5.32 Å². The van der Waals surface area contributed by atoms with Crippen LogP contribution in [0.2, 0.25) is 0 Å². The summed E-state index contributed by atoms with van der Waals surface area (Å²) < 4.78 is 4.91. The Morgan fingerprint density at radius 3 is 2.89 bits per heavy atom. The van der Waals surface area contributed by atoms with Crippen LogP contribution < -0.4 is 11.1 Å². The van der Waals surface area contributed by atoms with Crippen molar-refractivity contribution < 1.29 is 14.3 Å². The first-order chi connectivity index (χ1) is 8.49. The Labute approximate surface area is 105 Å². The van der Waals surface area contributed by atoms with Crippen molar-refractivity contribution in [2.45, 2.75) is 25.7 Å². The van der Waals surface area contributed by atoms with Gasteiger partial charge < -0.3 is 15.8 Å². The van der Waals surface area contributed by atoms with Crippen LogP contribution in [0.4, 0.5) is 11.4 Å². The van der Waals surface area contributed by atoms with E-state index in [0.29, 0.717) is 23.5 Å². The molecule has 1 aromatic rings. The van der Waals surface area contributed by atoms with Crippen LogP contribution >= 0.6 is 0 Å². The molecule has 2 rings (SSSR count). The first-order valence-electron chi connectivity index (χ1n) is 5.85. The Hall–Kier alpha value is -2.04. The number of nitrogen functional groups attached to an aromatic ring is 1. The minimum absolute atomic E-state index is 0.00606. The number of hydrogen-bond donors (Lipinski definition) is 2. The van der Waals surface area contributed by atoms with Gasteiger partial charge in [0.2, 0.25) is 5.91 Å². The van der Waals surface area contributed by atoms with Crippen LogP contribution in [-0.2, 0) is 19.7 Å². The molecule has 0 saturated heterocycles. The highest BCUT2D eigenvalue weighted by Crippen LogP contribution is 2.43. The molecular weight excluding hydrogens is 232 g/mol. The van der Waals surface area contributed by atoms with E-state index in [1.54, 1.807) is 32.0 Å². The molecular formula is C13H16N2O3. The summed E-state index contributed by atoms with van der Waals surface area (Å²) in [7, 11) is 0. The number of hydrogen-bond acceptors (Lipinski definition) is 4. The van der Waals surface area contributed by atoms with Crippen LogP contribution in [-0.4, -0.2) is 18.5 Å². The Balaban J connectivity index is 2.39. The summed E-state index contributed by atoms with van der Waals surface area (Å²) >= 11 is 0. The summed E-state index contributed by atoms with van der Waals surface area (Å²) in [5.74, 6) is -0.616. The van der Waals surface area contributed by atoms with Gasteiger partial charge in [0.25, 0.3) is 0 Å². The normalized spacial score (nSPS) is 21.3. The molecule has 3 N–H and O–H groups in total. The van der Waals surface area contributed by atoms with Crippen LogP contribution in [0.25, 0.3) is 0 Å². The van der Waals surface area contributed by atoms with Crippen molar-refractivity contribution in [3.05, 3.63) is 23.8 Å². The summed E-state index contributed by atoms with van der Waals surface area (Å²) in [5.41, 5.74) is 6.83. The number of rotatable bonds is 3. The van der Waals surface area contributed by atoms with Crippen molar-refractivity contribution in [1.82, 2.24) is 0 Å². The van der Waals surface area contributed by atoms with Gasteiger partial charge in [0.1, 0.15) is 0 Å². The monoisotopic (exact) mass is 248 g/mol. The van der Waals surface area contributed by atoms with Crippen molar-refractivity contribution in [2.24, 2.45) is 0 Å². The average molecular weight is 248 g/mol. The second-order valence-corrected chi connectivity index (χ2v) is 4.54. The third-order valence-electron chi connectivity index (χ3n) is 3.20. The molecule has 1 aliphatic rings. The summed E-state index contributed by atoms with van der Waals surface area (Å²) in [5, 5.41) is 2.75. The van der Waals surface area contributed by atoms with Crippen LogP contribution in [0.5, 0.6) is 0 Å². The first kappa shape index (κ1) is 12.4. The van der Waals surface area contributed by atoms with E-state index in [1.807, 2.05) is 0 Å². The molecule has 0 fully saturated rings. The van der Waals surface area contributed by atoms with E-state index >= 15 is 0 Å². The maximum absolute atomic E-state index is 12.1. The zero-order valence-electron chi connectivity index (χ0n) is 10.4. The van der Waals surface area contributed by atoms with E-state index in [4.69, 9.17) is 10.5 Å². The number of fused-ring (bicyclic) bond motifs is 1. The van der Waals surface area contributed by atoms with Crippen LogP contribution in [0.15, 0.2) is 18.2 Å². The van der Waals surface area contributed by atoms with Gasteiger partial charge in [-0.1, -0.05) is 6.07 Å². The van der Waals surface area contributed by atoms with Crippen molar-refractivity contribution in [3.63, 3.8) is 0 Å². The standard InChI is InChI=1S/C13H16N2O3/c1-3-18-10(16)7-13(2)11-8(14)5-4-6-9(11)15-12(13)17/h4-6H,3,7,14H2,1-2H3,(H,15,17). The van der Waals surface area contributed by atoms with Gasteiger partial charge in [0.05, 0.1) is 18.4 Å². The Morgan fingerprint density at radius 1 is 1.50 bits per heavy atom. The molecule has 0 spiro atoms. The minimum Gasteiger partial charge on any atom is -0.466 e. The highest BCUT2D eigenvalue weighted by Gasteiger charge is 2.45. The molecule has 0 aromatic heterocycles. The number of nitrogens with one attached hydrogen (secondary N) is 1. The number of carbonyl (C=O) groups excluding carboxylic acids is 2. The molecule has 0 bridgehead atoms. The molecule has 1 atom stereocenters. The Kier molecular flexibility index (Phi) is 2.98. The van der Waals surface area contributed by atoms with E-state index in [-0.39, 0.29) is 12.3 Å². The van der Waals surface area contributed by atoms with Crippen LogP contribution in [0, 0.1) is 0 Å². The molecule has 1 amide bonds. The SMILES string of the molecule is CCOC(=O)CC1(C)C(=O)Nc2cccc(N)c21. The molecule has 1 unspecified atom stereocenters. The Bertz CT molecular complexity index is 513. The average Bonchev–Trinajstić information content (AvgIpc) is 2.52. The van der Waals surface area contributed by atoms with Gasteiger partial charge in [-0.05, 0) is 26.0 Å². The Morgan fingerprint density at radius 2 is 2.22 bits per heavy atom. The summed E-state index contributed by atoms with van der Waals surface area (Å²) in [4.78, 5) is 23.7. The molecule has 96 valence electrons. The molecule has 5 heteroatoms. The van der Waals surface area contributed by atoms with Gasteiger partial charge in [0, 0.05) is 16.9 Å². The lowest BCUT2D eigenvalue weighted by atomic mass is 9.80. The van der Waals surface area contributed by atoms with E-state index in [1.165, 1.54) is 0 Å². The number of esters is 1. The van der Waals surface area contributed by atoms with Gasteiger partial charge in [-0.25, -0.2) is 0 Å². The quantitative estimate of drug-likeness (QED) is 0.626. The number of amides is 1. The van der Waals surface area contributed by atoms with Crippen molar-refractivity contribution in [1.29, 1.82) is 0 Å². The van der Waals surface area contributed by atoms with Crippen molar-refractivity contribution in [2.75, 3.05) is 17.7 Å². The number of carbonyl (C=O) groups is 2. The van der Waals surface area contributed by atoms with E-state index < -0.39 is 11.4 Å². The summed E-state index contributed by atoms with van der Waals surface area (Å²) in [6, 6.07) is 5.27. The zero-order valence-corrected chi connectivity index (χ0v) is 10.4. The number of nitrogens with two attached hydrogens (primary N) is 1. The largest absolute Gasteiger partial charge is 0.466 e. The van der Waals surface area contributed by atoms with Crippen molar-refractivity contribution in [3.8, 4) is 0 Å². The highest BCUT2D eigenvalue weighted by atomic mass is 16.5.